The number of benzene rings is 1. The van der Waals surface area contributed by atoms with Crippen molar-refractivity contribution in [1.82, 2.24) is 15.5 Å². The maximum atomic E-state index is 13.7. The van der Waals surface area contributed by atoms with E-state index in [0.29, 0.717) is 31.4 Å². The van der Waals surface area contributed by atoms with Gasteiger partial charge in [0.1, 0.15) is 5.54 Å². The van der Waals surface area contributed by atoms with Gasteiger partial charge in [0.05, 0.1) is 19.2 Å². The van der Waals surface area contributed by atoms with E-state index >= 15 is 0 Å². The number of nitrogens with one attached hydrogen (secondary N) is 2. The average molecular weight is 486 g/mol. The molecule has 3 rings (SSSR count). The summed E-state index contributed by atoms with van der Waals surface area (Å²) < 4.78 is 0. The summed E-state index contributed by atoms with van der Waals surface area (Å²) in [6, 6.07) is 7.27. The molecule has 35 heavy (non-hydrogen) atoms. The Morgan fingerprint density at radius 1 is 1.20 bits per heavy atom. The van der Waals surface area contributed by atoms with Crippen LogP contribution >= 0.6 is 0 Å². The summed E-state index contributed by atoms with van der Waals surface area (Å²) in [7, 11) is 0. The fraction of sp³-hybridized carbons (Fsp3) is 0.667. The molecule has 0 aromatic heterocycles. The van der Waals surface area contributed by atoms with E-state index in [1.54, 1.807) is 4.90 Å². The molecule has 5 N–H and O–H groups in total. The highest BCUT2D eigenvalue weighted by Crippen LogP contribution is 2.39. The smallest absolute Gasteiger partial charge is 0.315 e. The van der Waals surface area contributed by atoms with Crippen molar-refractivity contribution in [2.45, 2.75) is 103 Å². The highest BCUT2D eigenvalue weighted by molar-refractivity contribution is 6.06. The molecule has 8 nitrogen and oxygen atoms in total. The molecule has 0 spiro atoms. The number of nitrogens with two attached hydrogens (primary N) is 1. The van der Waals surface area contributed by atoms with Gasteiger partial charge in [0, 0.05) is 6.54 Å². The first-order valence-electron chi connectivity index (χ1n) is 13.3. The van der Waals surface area contributed by atoms with Gasteiger partial charge in [-0.2, -0.15) is 0 Å². The number of guanidine groups is 1. The number of nitrogens with zero attached hydrogens (tertiary/aromatic N) is 2. The minimum Gasteiger partial charge on any atom is -0.394 e. The van der Waals surface area contributed by atoms with Gasteiger partial charge in [-0.1, -0.05) is 83.1 Å². The highest BCUT2D eigenvalue weighted by atomic mass is 16.3. The first-order chi connectivity index (χ1) is 16.9. The molecule has 1 aromatic carbocycles. The summed E-state index contributed by atoms with van der Waals surface area (Å²) in [5.74, 6) is 0.930. The molecule has 1 saturated carbocycles. The normalized spacial score (nSPS) is 21.6. The van der Waals surface area contributed by atoms with Gasteiger partial charge in [-0.15, -0.1) is 0 Å². The molecule has 0 radical (unpaired) electrons. The molecule has 1 heterocycles. The molecule has 1 aliphatic carbocycles. The Morgan fingerprint density at radius 3 is 2.51 bits per heavy atom. The monoisotopic (exact) mass is 485 g/mol. The van der Waals surface area contributed by atoms with E-state index in [4.69, 9.17) is 10.7 Å². The topological polar surface area (TPSA) is 120 Å². The Kier molecular flexibility index (Phi) is 9.95. The number of hydrogen-bond donors (Lipinski definition) is 4. The third-order valence-corrected chi connectivity index (χ3v) is 7.41. The maximum absolute atomic E-state index is 13.7. The number of aliphatic imine (C=N–C) groups is 1. The Labute approximate surface area is 209 Å². The number of hydrogen-bond acceptors (Lipinski definition) is 5. The van der Waals surface area contributed by atoms with E-state index < -0.39 is 5.54 Å². The SMILES string of the molecule is CCCCC1(CC2CCCCC2)N=C(N)N(Cc2ccc(CNC(=O)NC(CC)CO)cc2)C1=O. The molecule has 2 aliphatic rings. The third-order valence-electron chi connectivity index (χ3n) is 7.41. The summed E-state index contributed by atoms with van der Waals surface area (Å²) in [5, 5.41) is 14.8. The summed E-state index contributed by atoms with van der Waals surface area (Å²) in [6.07, 6.45) is 10.4. The van der Waals surface area contributed by atoms with Gasteiger partial charge in [-0.05, 0) is 36.3 Å². The first-order valence-corrected chi connectivity index (χ1v) is 13.3. The number of rotatable bonds is 12. The van der Waals surface area contributed by atoms with Gasteiger partial charge < -0.3 is 21.5 Å². The second kappa shape index (κ2) is 12.9. The number of urea groups is 1. The van der Waals surface area contributed by atoms with Crippen LogP contribution in [-0.2, 0) is 17.9 Å². The summed E-state index contributed by atoms with van der Waals surface area (Å²) >= 11 is 0. The predicted octanol–water partition coefficient (Wildman–Crippen LogP) is 3.81. The minimum atomic E-state index is -0.704. The van der Waals surface area contributed by atoms with Gasteiger partial charge in [0.15, 0.2) is 5.96 Å². The van der Waals surface area contributed by atoms with E-state index in [0.717, 1.165) is 36.8 Å². The van der Waals surface area contributed by atoms with Gasteiger partial charge >= 0.3 is 6.03 Å². The maximum Gasteiger partial charge on any atom is 0.315 e. The fourth-order valence-electron chi connectivity index (χ4n) is 5.21. The van der Waals surface area contributed by atoms with Crippen molar-refractivity contribution < 1.29 is 14.7 Å². The molecule has 0 bridgehead atoms. The number of amides is 3. The van der Waals surface area contributed by atoms with Crippen molar-refractivity contribution in [3.05, 3.63) is 35.4 Å². The number of unbranched alkanes of at least 4 members (excludes halogenated alkanes) is 1. The zero-order valence-corrected chi connectivity index (χ0v) is 21.4. The molecule has 2 unspecified atom stereocenters. The highest BCUT2D eigenvalue weighted by Gasteiger charge is 2.48. The van der Waals surface area contributed by atoms with E-state index in [1.807, 2.05) is 31.2 Å². The van der Waals surface area contributed by atoms with Crippen molar-refractivity contribution in [3.8, 4) is 0 Å². The first kappa shape index (κ1) is 27.0. The van der Waals surface area contributed by atoms with Crippen LogP contribution in [0.25, 0.3) is 0 Å². The van der Waals surface area contributed by atoms with Crippen LogP contribution in [0.1, 0.15) is 89.2 Å². The Morgan fingerprint density at radius 2 is 1.89 bits per heavy atom. The second-order valence-corrected chi connectivity index (χ2v) is 10.1. The summed E-state index contributed by atoms with van der Waals surface area (Å²) in [5.41, 5.74) is 7.54. The van der Waals surface area contributed by atoms with Crippen LogP contribution in [-0.4, -0.2) is 46.1 Å². The second-order valence-electron chi connectivity index (χ2n) is 10.1. The van der Waals surface area contributed by atoms with E-state index in [9.17, 15) is 14.7 Å². The lowest BCUT2D eigenvalue weighted by Gasteiger charge is -2.32. The predicted molar refractivity (Wildman–Crippen MR) is 139 cm³/mol. The Balaban J connectivity index is 1.60. The lowest BCUT2D eigenvalue weighted by atomic mass is 9.77. The van der Waals surface area contributed by atoms with Crippen molar-refractivity contribution >= 4 is 17.9 Å². The van der Waals surface area contributed by atoms with Crippen molar-refractivity contribution in [1.29, 1.82) is 0 Å². The summed E-state index contributed by atoms with van der Waals surface area (Å²) in [4.78, 5) is 32.1. The number of carbonyl (C=O) groups excluding carboxylic acids is 2. The zero-order chi connectivity index (χ0) is 25.3. The zero-order valence-electron chi connectivity index (χ0n) is 21.4. The van der Waals surface area contributed by atoms with Crippen LogP contribution < -0.4 is 16.4 Å². The Bertz CT molecular complexity index is 862. The van der Waals surface area contributed by atoms with Crippen molar-refractivity contribution in [2.24, 2.45) is 16.6 Å². The van der Waals surface area contributed by atoms with Gasteiger partial charge in [0.25, 0.3) is 5.91 Å². The lowest BCUT2D eigenvalue weighted by molar-refractivity contribution is -0.132. The molecule has 1 fully saturated rings. The summed E-state index contributed by atoms with van der Waals surface area (Å²) in [6.45, 7) is 4.75. The average Bonchev–Trinajstić information content (AvgIpc) is 3.10. The Hall–Kier alpha value is -2.61. The molecular formula is C27H43N5O3. The van der Waals surface area contributed by atoms with E-state index in [2.05, 4.69) is 17.6 Å². The van der Waals surface area contributed by atoms with Crippen LogP contribution in [0.5, 0.6) is 0 Å². The number of aliphatic hydroxyl groups is 1. The van der Waals surface area contributed by atoms with Gasteiger partial charge in [0.2, 0.25) is 0 Å². The minimum absolute atomic E-state index is 0.0470. The van der Waals surface area contributed by atoms with Crippen LogP contribution in [0.2, 0.25) is 0 Å². The van der Waals surface area contributed by atoms with Gasteiger partial charge in [-0.3, -0.25) is 9.69 Å². The van der Waals surface area contributed by atoms with Crippen molar-refractivity contribution in [2.75, 3.05) is 6.61 Å². The fourth-order valence-corrected chi connectivity index (χ4v) is 5.21. The molecule has 3 amide bonds. The van der Waals surface area contributed by atoms with Crippen LogP contribution in [0.4, 0.5) is 4.79 Å². The molecule has 8 heteroatoms. The lowest BCUT2D eigenvalue weighted by Crippen LogP contribution is -2.45. The van der Waals surface area contributed by atoms with Crippen LogP contribution in [0.15, 0.2) is 29.3 Å². The van der Waals surface area contributed by atoms with Gasteiger partial charge in [-0.25, -0.2) is 9.79 Å². The molecule has 194 valence electrons. The molecule has 2 atom stereocenters. The van der Waals surface area contributed by atoms with Crippen molar-refractivity contribution in [3.63, 3.8) is 0 Å². The number of aliphatic hydroxyl groups excluding tert-OH is 1. The van der Waals surface area contributed by atoms with E-state index in [-0.39, 0.29) is 24.6 Å². The largest absolute Gasteiger partial charge is 0.394 e. The molecular weight excluding hydrogens is 442 g/mol. The van der Waals surface area contributed by atoms with E-state index in [1.165, 1.54) is 32.1 Å². The van der Waals surface area contributed by atoms with Crippen LogP contribution in [0.3, 0.4) is 0 Å². The molecule has 0 saturated heterocycles. The molecule has 1 aliphatic heterocycles. The quantitative estimate of drug-likeness (QED) is 0.360. The standard InChI is InChI=1S/C27H43N5O3/c1-3-5-15-27(16-20-9-7-6-8-10-20)24(34)32(25(28)31-27)18-22-13-11-21(12-14-22)17-29-26(35)30-23(4-2)19-33/h11-14,20,23,33H,3-10,15-19H2,1-2H3,(H2,28,31)(H2,29,30,35). The van der Waals surface area contributed by atoms with Crippen LogP contribution in [0, 0.1) is 5.92 Å². The third kappa shape index (κ3) is 7.19. The number of carbonyl (C=O) groups is 2. The molecule has 1 aromatic rings.